The topological polar surface area (TPSA) is 54.5 Å². The van der Waals surface area contributed by atoms with Gasteiger partial charge in [0.05, 0.1) is 28.2 Å². The summed E-state index contributed by atoms with van der Waals surface area (Å²) < 4.78 is 2.21. The Morgan fingerprint density at radius 2 is 1.72 bits per heavy atom. The Morgan fingerprint density at radius 1 is 0.931 bits per heavy atom. The smallest absolute Gasteiger partial charge is 0.160 e. The summed E-state index contributed by atoms with van der Waals surface area (Å²) in [5.41, 5.74) is 8.64. The van der Waals surface area contributed by atoms with Gasteiger partial charge >= 0.3 is 0 Å². The number of para-hydroxylation sites is 2. The number of aromatic nitrogens is 3. The van der Waals surface area contributed by atoms with Crippen LogP contribution < -0.4 is 0 Å². The molecule has 0 aliphatic carbocycles. The quantitative estimate of drug-likeness (QED) is 0.391. The molecule has 0 fully saturated rings. The number of hydrogen-bond acceptors (Lipinski definition) is 4. The highest BCUT2D eigenvalue weighted by Gasteiger charge is 2.14. The van der Waals surface area contributed by atoms with Gasteiger partial charge in [-0.15, -0.1) is 11.3 Å². The van der Waals surface area contributed by atoms with Gasteiger partial charge in [0.25, 0.3) is 0 Å². The molecule has 0 aliphatic heterocycles. The average molecular weight is 392 g/mol. The minimum Gasteiger partial charge on any atom is -0.318 e. The number of nitrogens with zero attached hydrogens (tertiary/aromatic N) is 4. The first-order valence-electron chi connectivity index (χ1n) is 9.26. The SMILES string of the molecule is N#Cc1ccccc1-c1ccc(Cn2c(-c3cscn3)nc3ccccc32)cc1. The second kappa shape index (κ2) is 7.34. The number of hydrogen-bond donors (Lipinski definition) is 0. The lowest BCUT2D eigenvalue weighted by Gasteiger charge is -2.10. The van der Waals surface area contributed by atoms with Crippen LogP contribution in [0.3, 0.4) is 0 Å². The van der Waals surface area contributed by atoms with Crippen LogP contribution in [0.2, 0.25) is 0 Å². The number of imidazole rings is 1. The molecule has 0 saturated heterocycles. The van der Waals surface area contributed by atoms with Crippen molar-refractivity contribution in [2.45, 2.75) is 6.54 Å². The van der Waals surface area contributed by atoms with Gasteiger partial charge < -0.3 is 4.57 Å². The Bertz CT molecular complexity index is 1330. The van der Waals surface area contributed by atoms with Gasteiger partial charge in [0.15, 0.2) is 5.82 Å². The van der Waals surface area contributed by atoms with E-state index in [1.807, 2.05) is 53.4 Å². The van der Waals surface area contributed by atoms with Crippen molar-refractivity contribution in [1.29, 1.82) is 5.26 Å². The molecule has 0 aliphatic rings. The predicted octanol–water partition coefficient (Wildman–Crippen LogP) is 5.75. The van der Waals surface area contributed by atoms with Gasteiger partial charge in [-0.25, -0.2) is 9.97 Å². The lowest BCUT2D eigenvalue weighted by Crippen LogP contribution is -2.02. The van der Waals surface area contributed by atoms with Crippen molar-refractivity contribution in [1.82, 2.24) is 14.5 Å². The van der Waals surface area contributed by atoms with Crippen LogP contribution >= 0.6 is 11.3 Å². The van der Waals surface area contributed by atoms with Crippen molar-refractivity contribution in [3.8, 4) is 28.7 Å². The van der Waals surface area contributed by atoms with E-state index in [-0.39, 0.29) is 0 Å². The fraction of sp³-hybridized carbons (Fsp3) is 0.0417. The summed E-state index contributed by atoms with van der Waals surface area (Å²) in [4.78, 5) is 9.27. The fourth-order valence-corrected chi connectivity index (χ4v) is 4.09. The highest BCUT2D eigenvalue weighted by atomic mass is 32.1. The van der Waals surface area contributed by atoms with E-state index in [0.717, 1.165) is 33.7 Å². The molecule has 0 N–H and O–H groups in total. The zero-order valence-electron chi connectivity index (χ0n) is 15.5. The molecular formula is C24H16N4S. The molecule has 2 aromatic heterocycles. The molecule has 3 aromatic carbocycles. The number of thiazole rings is 1. The Hall–Kier alpha value is -3.75. The molecule has 5 heteroatoms. The zero-order chi connectivity index (χ0) is 19.6. The van der Waals surface area contributed by atoms with Crippen molar-refractivity contribution >= 4 is 22.4 Å². The van der Waals surface area contributed by atoms with Crippen LogP contribution in [0.4, 0.5) is 0 Å². The summed E-state index contributed by atoms with van der Waals surface area (Å²) in [6.07, 6.45) is 0. The van der Waals surface area contributed by atoms with E-state index in [9.17, 15) is 5.26 Å². The largest absolute Gasteiger partial charge is 0.318 e. The van der Waals surface area contributed by atoms with E-state index in [1.54, 1.807) is 11.3 Å². The molecule has 29 heavy (non-hydrogen) atoms. The normalized spacial score (nSPS) is 10.9. The lowest BCUT2D eigenvalue weighted by molar-refractivity contribution is 0.831. The summed E-state index contributed by atoms with van der Waals surface area (Å²) in [6, 6.07) is 26.5. The third-order valence-corrected chi connectivity index (χ3v) is 5.56. The zero-order valence-corrected chi connectivity index (χ0v) is 16.3. The van der Waals surface area contributed by atoms with Crippen LogP contribution in [-0.2, 0) is 6.54 Å². The van der Waals surface area contributed by atoms with Crippen LogP contribution in [0.1, 0.15) is 11.1 Å². The van der Waals surface area contributed by atoms with Gasteiger partial charge in [-0.2, -0.15) is 5.26 Å². The predicted molar refractivity (Wildman–Crippen MR) is 117 cm³/mol. The first kappa shape index (κ1) is 17.4. The van der Waals surface area contributed by atoms with Crippen molar-refractivity contribution in [3.05, 3.63) is 94.8 Å². The average Bonchev–Trinajstić information content (AvgIpc) is 3.43. The maximum absolute atomic E-state index is 9.36. The third kappa shape index (κ3) is 3.20. The van der Waals surface area contributed by atoms with Crippen molar-refractivity contribution in [2.24, 2.45) is 0 Å². The van der Waals surface area contributed by atoms with E-state index < -0.39 is 0 Å². The molecule has 5 aromatic rings. The Labute approximate surface area is 172 Å². The maximum Gasteiger partial charge on any atom is 0.160 e. The molecule has 0 saturated carbocycles. The van der Waals surface area contributed by atoms with E-state index in [4.69, 9.17) is 4.98 Å². The van der Waals surface area contributed by atoms with E-state index in [1.165, 1.54) is 5.56 Å². The van der Waals surface area contributed by atoms with Gasteiger partial charge in [-0.3, -0.25) is 0 Å². The van der Waals surface area contributed by atoms with E-state index >= 15 is 0 Å². The van der Waals surface area contributed by atoms with Gasteiger partial charge in [-0.05, 0) is 34.9 Å². The fourth-order valence-electron chi connectivity index (χ4n) is 3.56. The molecule has 5 rings (SSSR count). The highest BCUT2D eigenvalue weighted by Crippen LogP contribution is 2.27. The van der Waals surface area contributed by atoms with Crippen LogP contribution in [0.25, 0.3) is 33.7 Å². The highest BCUT2D eigenvalue weighted by molar-refractivity contribution is 7.07. The van der Waals surface area contributed by atoms with Gasteiger partial charge in [0, 0.05) is 11.9 Å². The molecule has 0 unspecified atom stereocenters. The lowest BCUT2D eigenvalue weighted by atomic mass is 9.99. The Balaban J connectivity index is 1.54. The van der Waals surface area contributed by atoms with E-state index in [2.05, 4.69) is 46.0 Å². The summed E-state index contributed by atoms with van der Waals surface area (Å²) in [7, 11) is 0. The first-order valence-corrected chi connectivity index (χ1v) is 10.2. The molecule has 4 nitrogen and oxygen atoms in total. The summed E-state index contributed by atoms with van der Waals surface area (Å²) in [5.74, 6) is 0.881. The van der Waals surface area contributed by atoms with Crippen molar-refractivity contribution in [2.75, 3.05) is 0 Å². The maximum atomic E-state index is 9.36. The third-order valence-electron chi connectivity index (χ3n) is 4.97. The Morgan fingerprint density at radius 3 is 2.52 bits per heavy atom. The van der Waals surface area contributed by atoms with Crippen LogP contribution in [0.5, 0.6) is 0 Å². The second-order valence-corrected chi connectivity index (χ2v) is 7.46. The van der Waals surface area contributed by atoms with Crippen LogP contribution in [0.15, 0.2) is 83.7 Å². The number of benzene rings is 3. The molecule has 0 spiro atoms. The molecule has 0 atom stereocenters. The summed E-state index contributed by atoms with van der Waals surface area (Å²) in [5, 5.41) is 11.4. The molecule has 138 valence electrons. The molecule has 0 amide bonds. The number of rotatable bonds is 4. The van der Waals surface area contributed by atoms with Crippen LogP contribution in [-0.4, -0.2) is 14.5 Å². The number of fused-ring (bicyclic) bond motifs is 1. The summed E-state index contributed by atoms with van der Waals surface area (Å²) in [6.45, 7) is 0.702. The molecule has 2 heterocycles. The van der Waals surface area contributed by atoms with Crippen molar-refractivity contribution < 1.29 is 0 Å². The molecule has 0 radical (unpaired) electrons. The standard InChI is InChI=1S/C24H16N4S/c25-13-19-5-1-2-6-20(19)18-11-9-17(10-12-18)14-28-23-8-4-3-7-21(23)27-24(28)22-15-29-16-26-22/h1-12,15-16H,14H2. The summed E-state index contributed by atoms with van der Waals surface area (Å²) >= 11 is 1.57. The minimum absolute atomic E-state index is 0.687. The molecule has 0 bridgehead atoms. The number of nitriles is 1. The van der Waals surface area contributed by atoms with Gasteiger partial charge in [0.1, 0.15) is 5.69 Å². The van der Waals surface area contributed by atoms with Crippen LogP contribution in [0, 0.1) is 11.3 Å². The van der Waals surface area contributed by atoms with Crippen molar-refractivity contribution in [3.63, 3.8) is 0 Å². The van der Waals surface area contributed by atoms with Gasteiger partial charge in [-0.1, -0.05) is 54.6 Å². The van der Waals surface area contributed by atoms with E-state index in [0.29, 0.717) is 12.1 Å². The molecular weight excluding hydrogens is 376 g/mol. The first-order chi connectivity index (χ1) is 14.3. The van der Waals surface area contributed by atoms with Gasteiger partial charge in [0.2, 0.25) is 0 Å². The monoisotopic (exact) mass is 392 g/mol. The Kier molecular flexibility index (Phi) is 4.39. The minimum atomic E-state index is 0.687. The second-order valence-electron chi connectivity index (χ2n) is 6.74.